The molecule has 0 aromatic heterocycles. The SMILES string of the molecule is C=CN=C1/C(=C\C)C(C(=O)c2ccc(Oc3ccccc3)cc2)=NN1C1CCNC1. The third-order valence-electron chi connectivity index (χ3n) is 5.11. The van der Waals surface area contributed by atoms with Gasteiger partial charge in [-0.3, -0.25) is 4.79 Å². The van der Waals surface area contributed by atoms with Crippen molar-refractivity contribution in [3.05, 3.63) is 84.6 Å². The monoisotopic (exact) mass is 400 g/mol. The van der Waals surface area contributed by atoms with E-state index in [9.17, 15) is 4.79 Å². The van der Waals surface area contributed by atoms with Gasteiger partial charge in [-0.25, -0.2) is 10.0 Å². The van der Waals surface area contributed by atoms with Gasteiger partial charge in [-0.1, -0.05) is 30.9 Å². The van der Waals surface area contributed by atoms with E-state index in [4.69, 9.17) is 4.74 Å². The third kappa shape index (κ3) is 3.95. The van der Waals surface area contributed by atoms with Crippen LogP contribution in [0, 0.1) is 0 Å². The number of nitrogens with zero attached hydrogens (tertiary/aromatic N) is 3. The van der Waals surface area contributed by atoms with Gasteiger partial charge >= 0.3 is 0 Å². The first-order valence-electron chi connectivity index (χ1n) is 10.0. The Morgan fingerprint density at radius 3 is 2.57 bits per heavy atom. The van der Waals surface area contributed by atoms with Gasteiger partial charge in [0.25, 0.3) is 0 Å². The van der Waals surface area contributed by atoms with Crippen molar-refractivity contribution in [3.63, 3.8) is 0 Å². The van der Waals surface area contributed by atoms with Crippen LogP contribution in [0.5, 0.6) is 11.5 Å². The minimum atomic E-state index is -0.139. The van der Waals surface area contributed by atoms with Gasteiger partial charge in [-0.15, -0.1) is 0 Å². The van der Waals surface area contributed by atoms with Crippen molar-refractivity contribution in [3.8, 4) is 11.5 Å². The minimum Gasteiger partial charge on any atom is -0.457 e. The molecular weight excluding hydrogens is 376 g/mol. The lowest BCUT2D eigenvalue weighted by Crippen LogP contribution is -2.35. The average molecular weight is 400 g/mol. The van der Waals surface area contributed by atoms with Crippen LogP contribution >= 0.6 is 0 Å². The van der Waals surface area contributed by atoms with E-state index in [2.05, 4.69) is 22.0 Å². The summed E-state index contributed by atoms with van der Waals surface area (Å²) in [4.78, 5) is 17.7. The Labute approximate surface area is 176 Å². The molecule has 1 fully saturated rings. The predicted molar refractivity (Wildman–Crippen MR) is 119 cm³/mol. The zero-order chi connectivity index (χ0) is 20.9. The fourth-order valence-electron chi connectivity index (χ4n) is 3.63. The van der Waals surface area contributed by atoms with Gasteiger partial charge in [0, 0.05) is 23.9 Å². The summed E-state index contributed by atoms with van der Waals surface area (Å²) in [5, 5.41) is 9.87. The molecule has 2 aromatic rings. The van der Waals surface area contributed by atoms with E-state index in [1.54, 1.807) is 24.3 Å². The number of carbonyl (C=O) groups is 1. The fourth-order valence-corrected chi connectivity index (χ4v) is 3.63. The number of benzene rings is 2. The number of aliphatic imine (C=N–C) groups is 1. The quantitative estimate of drug-likeness (QED) is 0.739. The molecule has 1 saturated heterocycles. The lowest BCUT2D eigenvalue weighted by atomic mass is 10.0. The highest BCUT2D eigenvalue weighted by molar-refractivity contribution is 6.57. The van der Waals surface area contributed by atoms with Crippen LogP contribution in [0.2, 0.25) is 0 Å². The molecule has 0 bridgehead atoms. The number of amidine groups is 1. The molecule has 2 aliphatic heterocycles. The normalized spacial score (nSPS) is 21.2. The number of hydrogen-bond donors (Lipinski definition) is 1. The number of rotatable bonds is 6. The van der Waals surface area contributed by atoms with Crippen LogP contribution in [0.15, 0.2) is 89.1 Å². The van der Waals surface area contributed by atoms with Crippen LogP contribution in [-0.2, 0) is 0 Å². The molecule has 0 amide bonds. The van der Waals surface area contributed by atoms with Gasteiger partial charge in [-0.05, 0) is 56.3 Å². The standard InChI is InChI=1S/C24H24N4O2/c1-3-21-22(27-28(24(21)26-4-2)18-14-15-25-16-18)23(29)17-10-12-20(13-11-17)30-19-8-6-5-7-9-19/h3-13,18,25H,2,14-16H2,1H3/b21-3-,26-24?. The Balaban J connectivity index is 1.58. The molecule has 0 radical (unpaired) electrons. The first-order chi connectivity index (χ1) is 14.7. The summed E-state index contributed by atoms with van der Waals surface area (Å²) >= 11 is 0. The Hall–Kier alpha value is -3.51. The van der Waals surface area contributed by atoms with Crippen LogP contribution in [0.3, 0.4) is 0 Å². The number of nitrogens with one attached hydrogen (secondary N) is 1. The van der Waals surface area contributed by atoms with Crippen LogP contribution in [0.4, 0.5) is 0 Å². The number of ketones is 1. The van der Waals surface area contributed by atoms with Crippen LogP contribution < -0.4 is 10.1 Å². The van der Waals surface area contributed by atoms with Crippen LogP contribution in [0.25, 0.3) is 0 Å². The molecule has 0 spiro atoms. The predicted octanol–water partition coefficient (Wildman–Crippen LogP) is 4.18. The molecule has 4 rings (SSSR count). The molecule has 30 heavy (non-hydrogen) atoms. The maximum Gasteiger partial charge on any atom is 0.213 e. The molecule has 2 heterocycles. The summed E-state index contributed by atoms with van der Waals surface area (Å²) in [6.07, 6.45) is 4.32. The van der Waals surface area contributed by atoms with E-state index < -0.39 is 0 Å². The number of ether oxygens (including phenoxy) is 1. The van der Waals surface area contributed by atoms with Crippen molar-refractivity contribution in [2.24, 2.45) is 10.1 Å². The summed E-state index contributed by atoms with van der Waals surface area (Å²) in [6.45, 7) is 7.35. The van der Waals surface area contributed by atoms with Crippen LogP contribution in [0.1, 0.15) is 23.7 Å². The fraction of sp³-hybridized carbons (Fsp3) is 0.208. The number of hydrogen-bond acceptors (Lipinski definition) is 5. The maximum absolute atomic E-state index is 13.3. The molecule has 6 nitrogen and oxygen atoms in total. The molecule has 2 aliphatic rings. The van der Waals surface area contributed by atoms with Gasteiger partial charge in [0.15, 0.2) is 5.84 Å². The van der Waals surface area contributed by atoms with Crippen molar-refractivity contribution in [1.29, 1.82) is 0 Å². The second-order valence-electron chi connectivity index (χ2n) is 7.05. The molecule has 0 saturated carbocycles. The topological polar surface area (TPSA) is 66.3 Å². The smallest absolute Gasteiger partial charge is 0.213 e. The number of allylic oxidation sites excluding steroid dienone is 1. The number of hydrazone groups is 1. The second kappa shape index (κ2) is 8.88. The van der Waals surface area contributed by atoms with E-state index in [1.165, 1.54) is 6.20 Å². The zero-order valence-corrected chi connectivity index (χ0v) is 16.9. The van der Waals surface area contributed by atoms with Crippen molar-refractivity contribution in [1.82, 2.24) is 10.3 Å². The second-order valence-corrected chi connectivity index (χ2v) is 7.05. The lowest BCUT2D eigenvalue weighted by molar-refractivity contribution is 0.106. The highest BCUT2D eigenvalue weighted by Gasteiger charge is 2.36. The van der Waals surface area contributed by atoms with Crippen molar-refractivity contribution in [2.45, 2.75) is 19.4 Å². The molecule has 152 valence electrons. The van der Waals surface area contributed by atoms with Gasteiger partial charge < -0.3 is 10.1 Å². The number of carbonyl (C=O) groups excluding carboxylic acids is 1. The zero-order valence-electron chi connectivity index (χ0n) is 16.9. The first kappa shape index (κ1) is 19.8. The molecule has 2 aromatic carbocycles. The highest BCUT2D eigenvalue weighted by Crippen LogP contribution is 2.26. The van der Waals surface area contributed by atoms with E-state index in [-0.39, 0.29) is 11.8 Å². The van der Waals surface area contributed by atoms with Gasteiger partial charge in [0.05, 0.1) is 6.04 Å². The van der Waals surface area contributed by atoms with Gasteiger partial charge in [-0.2, -0.15) is 5.10 Å². The van der Waals surface area contributed by atoms with E-state index in [0.717, 1.165) is 30.8 Å². The molecule has 6 heteroatoms. The van der Waals surface area contributed by atoms with E-state index in [0.29, 0.717) is 22.9 Å². The highest BCUT2D eigenvalue weighted by atomic mass is 16.5. The first-order valence-corrected chi connectivity index (χ1v) is 10.0. The lowest BCUT2D eigenvalue weighted by Gasteiger charge is -2.21. The Bertz CT molecular complexity index is 1020. The molecule has 1 atom stereocenters. The van der Waals surface area contributed by atoms with Gasteiger partial charge in [0.1, 0.15) is 17.2 Å². The Kier molecular flexibility index (Phi) is 5.86. The summed E-state index contributed by atoms with van der Waals surface area (Å²) in [5.41, 5.74) is 1.69. The summed E-state index contributed by atoms with van der Waals surface area (Å²) < 4.78 is 5.82. The molecule has 1 N–H and O–H groups in total. The number of Topliss-reactive ketones (excluding diaryl/α,β-unsaturated/α-hetero) is 1. The Morgan fingerprint density at radius 1 is 1.20 bits per heavy atom. The third-order valence-corrected chi connectivity index (χ3v) is 5.11. The van der Waals surface area contributed by atoms with Crippen molar-refractivity contribution in [2.75, 3.05) is 13.1 Å². The van der Waals surface area contributed by atoms with Crippen molar-refractivity contribution < 1.29 is 9.53 Å². The van der Waals surface area contributed by atoms with Gasteiger partial charge in [0.2, 0.25) is 5.78 Å². The minimum absolute atomic E-state index is 0.139. The molecular formula is C24H24N4O2. The maximum atomic E-state index is 13.3. The van der Waals surface area contributed by atoms with Crippen molar-refractivity contribution >= 4 is 17.3 Å². The van der Waals surface area contributed by atoms with E-state index in [1.807, 2.05) is 48.3 Å². The summed E-state index contributed by atoms with van der Waals surface area (Å²) in [6, 6.07) is 16.8. The Morgan fingerprint density at radius 2 is 1.93 bits per heavy atom. The summed E-state index contributed by atoms with van der Waals surface area (Å²) in [7, 11) is 0. The molecule has 0 aliphatic carbocycles. The largest absolute Gasteiger partial charge is 0.457 e. The average Bonchev–Trinajstić information content (AvgIpc) is 3.43. The molecule has 1 unspecified atom stereocenters. The summed E-state index contributed by atoms with van der Waals surface area (Å²) in [5.74, 6) is 1.96. The van der Waals surface area contributed by atoms with E-state index >= 15 is 0 Å². The van der Waals surface area contributed by atoms with Crippen LogP contribution in [-0.4, -0.2) is 41.5 Å². The number of para-hydroxylation sites is 1.